The molecule has 0 amide bonds. The van der Waals surface area contributed by atoms with Crippen molar-refractivity contribution in [3.8, 4) is 0 Å². The molecule has 1 N–H and O–H groups in total. The third kappa shape index (κ3) is 5.56. The number of hydrogen-bond donors (Lipinski definition) is 1. The molecule has 1 unspecified atom stereocenters. The fourth-order valence-corrected chi connectivity index (χ4v) is 0.475. The summed E-state index contributed by atoms with van der Waals surface area (Å²) in [4.78, 5) is 10.1. The normalized spacial score (nSPS) is 14.0. The second kappa shape index (κ2) is 4.56. The molecule has 0 heterocycles. The van der Waals surface area contributed by atoms with Gasteiger partial charge in [-0.2, -0.15) is 0 Å². The molecular weight excluding hydrogens is 184 g/mol. The number of carbonyl (C=O) groups is 1. The summed E-state index contributed by atoms with van der Waals surface area (Å²) in [7, 11) is 0. The molecule has 9 heavy (non-hydrogen) atoms. The molecule has 2 nitrogen and oxygen atoms in total. The number of rotatable bonds is 3. The van der Waals surface area contributed by atoms with E-state index in [1.165, 1.54) is 0 Å². The van der Waals surface area contributed by atoms with Crippen LogP contribution in [0.3, 0.4) is 0 Å². The van der Waals surface area contributed by atoms with E-state index in [1.807, 2.05) is 6.92 Å². The molecule has 0 aliphatic heterocycles. The van der Waals surface area contributed by atoms with Crippen LogP contribution < -0.4 is 0 Å². The quantitative estimate of drug-likeness (QED) is 0.548. The van der Waals surface area contributed by atoms with E-state index >= 15 is 0 Å². The Morgan fingerprint density at radius 1 is 1.89 bits per heavy atom. The van der Waals surface area contributed by atoms with Crippen LogP contribution in [0.15, 0.2) is 12.2 Å². The second-order valence-corrected chi connectivity index (χ2v) is 2.80. The van der Waals surface area contributed by atoms with Gasteiger partial charge < -0.3 is 5.11 Å². The largest absolute Gasteiger partial charge is 0.478 e. The van der Waals surface area contributed by atoms with E-state index in [-0.39, 0.29) is 4.83 Å². The maximum Gasteiger partial charge on any atom is 0.328 e. The van der Waals surface area contributed by atoms with Crippen molar-refractivity contribution >= 4 is 21.9 Å². The van der Waals surface area contributed by atoms with Crippen molar-refractivity contribution in [1.29, 1.82) is 0 Å². The number of halogens is 1. The Morgan fingerprint density at radius 3 is 2.78 bits per heavy atom. The highest BCUT2D eigenvalue weighted by atomic mass is 79.9. The lowest BCUT2D eigenvalue weighted by Gasteiger charge is -1.93. The van der Waals surface area contributed by atoms with Gasteiger partial charge >= 0.3 is 5.97 Å². The minimum atomic E-state index is -0.895. The number of alkyl halides is 1. The van der Waals surface area contributed by atoms with E-state index < -0.39 is 5.97 Å². The predicted molar refractivity (Wildman–Crippen MR) is 39.8 cm³/mol. The number of carboxylic acids is 1. The van der Waals surface area contributed by atoms with Crippen LogP contribution in [0.5, 0.6) is 0 Å². The molecule has 1 atom stereocenters. The first kappa shape index (κ1) is 8.69. The Labute approximate surface area is 62.7 Å². The molecule has 0 aromatic heterocycles. The Balaban J connectivity index is 3.56. The fraction of sp³-hybridized carbons (Fsp3) is 0.500. The molecule has 0 spiro atoms. The van der Waals surface area contributed by atoms with Crippen LogP contribution in [0.2, 0.25) is 0 Å². The first-order chi connectivity index (χ1) is 4.16. The summed E-state index contributed by atoms with van der Waals surface area (Å²) in [5.74, 6) is -0.895. The molecule has 3 heteroatoms. The smallest absolute Gasteiger partial charge is 0.328 e. The lowest BCUT2D eigenvalue weighted by Crippen LogP contribution is -1.92. The van der Waals surface area contributed by atoms with Crippen LogP contribution in [0.25, 0.3) is 0 Å². The molecule has 0 aliphatic rings. The second-order valence-electron chi connectivity index (χ2n) is 1.62. The predicted octanol–water partition coefficient (Wildman–Crippen LogP) is 1.80. The Kier molecular flexibility index (Phi) is 4.40. The van der Waals surface area contributed by atoms with E-state index in [9.17, 15) is 4.79 Å². The minimum absolute atomic E-state index is 0.189. The number of allylic oxidation sites excluding steroid dienone is 1. The van der Waals surface area contributed by atoms with Crippen LogP contribution in [-0.2, 0) is 4.79 Å². The zero-order chi connectivity index (χ0) is 7.28. The van der Waals surface area contributed by atoms with Crippen molar-refractivity contribution < 1.29 is 9.90 Å². The molecule has 0 aromatic carbocycles. The van der Waals surface area contributed by atoms with Crippen molar-refractivity contribution in [2.75, 3.05) is 0 Å². The zero-order valence-corrected chi connectivity index (χ0v) is 6.76. The average Bonchev–Trinajstić information content (AvgIpc) is 1.83. The first-order valence-electron chi connectivity index (χ1n) is 2.72. The number of carboxylic acid groups (broad SMARTS) is 1. The molecular formula is C6H9BrO2. The molecule has 0 rings (SSSR count). The highest BCUT2D eigenvalue weighted by Crippen LogP contribution is 2.04. The van der Waals surface area contributed by atoms with Gasteiger partial charge in [0.05, 0.1) is 0 Å². The zero-order valence-electron chi connectivity index (χ0n) is 5.17. The van der Waals surface area contributed by atoms with Crippen molar-refractivity contribution in [3.05, 3.63) is 12.2 Å². The van der Waals surface area contributed by atoms with Gasteiger partial charge in [-0.1, -0.05) is 28.9 Å². The van der Waals surface area contributed by atoms with Gasteiger partial charge in [0.1, 0.15) is 0 Å². The molecule has 0 radical (unpaired) electrons. The Morgan fingerprint density at radius 2 is 2.44 bits per heavy atom. The molecule has 0 aliphatic carbocycles. The monoisotopic (exact) mass is 192 g/mol. The number of aliphatic carboxylic acids is 1. The van der Waals surface area contributed by atoms with E-state index in [1.54, 1.807) is 6.08 Å². The van der Waals surface area contributed by atoms with Crippen molar-refractivity contribution in [1.82, 2.24) is 0 Å². The SMILES string of the molecule is CCC(Br)/C=C/C(=O)O. The lowest BCUT2D eigenvalue weighted by atomic mass is 10.3. The molecule has 0 saturated carbocycles. The lowest BCUT2D eigenvalue weighted by molar-refractivity contribution is -0.131. The van der Waals surface area contributed by atoms with E-state index in [0.29, 0.717) is 0 Å². The van der Waals surface area contributed by atoms with Crippen molar-refractivity contribution in [3.63, 3.8) is 0 Å². The third-order valence-corrected chi connectivity index (χ3v) is 1.79. The van der Waals surface area contributed by atoms with Crippen LogP contribution in [0, 0.1) is 0 Å². The Bertz CT molecular complexity index is 120. The maximum absolute atomic E-state index is 9.91. The summed E-state index contributed by atoms with van der Waals surface area (Å²) in [5.41, 5.74) is 0. The number of hydrogen-bond acceptors (Lipinski definition) is 1. The van der Waals surface area contributed by atoms with Crippen LogP contribution in [0.4, 0.5) is 0 Å². The maximum atomic E-state index is 9.91. The molecule has 0 saturated heterocycles. The van der Waals surface area contributed by atoms with Crippen LogP contribution in [-0.4, -0.2) is 15.9 Å². The summed E-state index contributed by atoms with van der Waals surface area (Å²) in [5, 5.41) is 8.15. The van der Waals surface area contributed by atoms with Gasteiger partial charge in [-0.25, -0.2) is 4.79 Å². The van der Waals surface area contributed by atoms with Gasteiger partial charge in [0.2, 0.25) is 0 Å². The molecule has 0 aromatic rings. The average molecular weight is 193 g/mol. The Hall–Kier alpha value is -0.310. The van der Waals surface area contributed by atoms with Gasteiger partial charge in [-0.05, 0) is 6.42 Å². The standard InChI is InChI=1S/C6H9BrO2/c1-2-5(7)3-4-6(8)9/h3-5H,2H2,1H3,(H,8,9)/b4-3+. The van der Waals surface area contributed by atoms with E-state index in [0.717, 1.165) is 12.5 Å². The van der Waals surface area contributed by atoms with Gasteiger partial charge in [-0.15, -0.1) is 0 Å². The van der Waals surface area contributed by atoms with Gasteiger partial charge in [0, 0.05) is 10.9 Å². The molecule has 0 bridgehead atoms. The first-order valence-corrected chi connectivity index (χ1v) is 3.63. The summed E-state index contributed by atoms with van der Waals surface area (Å²) in [6, 6.07) is 0. The van der Waals surface area contributed by atoms with Crippen LogP contribution in [0.1, 0.15) is 13.3 Å². The van der Waals surface area contributed by atoms with E-state index in [2.05, 4.69) is 15.9 Å². The third-order valence-electron chi connectivity index (χ3n) is 0.838. The van der Waals surface area contributed by atoms with Crippen LogP contribution >= 0.6 is 15.9 Å². The summed E-state index contributed by atoms with van der Waals surface area (Å²) in [6.45, 7) is 1.98. The van der Waals surface area contributed by atoms with Gasteiger partial charge in [0.25, 0.3) is 0 Å². The van der Waals surface area contributed by atoms with Gasteiger partial charge in [-0.3, -0.25) is 0 Å². The van der Waals surface area contributed by atoms with E-state index in [4.69, 9.17) is 5.11 Å². The highest BCUT2D eigenvalue weighted by molar-refractivity contribution is 9.09. The highest BCUT2D eigenvalue weighted by Gasteiger charge is 1.93. The van der Waals surface area contributed by atoms with Crippen molar-refractivity contribution in [2.45, 2.75) is 18.2 Å². The fourth-order valence-electron chi connectivity index (χ4n) is 0.323. The van der Waals surface area contributed by atoms with Crippen molar-refractivity contribution in [2.24, 2.45) is 0 Å². The summed E-state index contributed by atoms with van der Waals surface area (Å²) in [6.07, 6.45) is 3.66. The molecule has 52 valence electrons. The summed E-state index contributed by atoms with van der Waals surface area (Å²) >= 11 is 3.26. The minimum Gasteiger partial charge on any atom is -0.478 e. The summed E-state index contributed by atoms with van der Waals surface area (Å²) < 4.78 is 0. The topological polar surface area (TPSA) is 37.3 Å². The molecule has 0 fully saturated rings. The van der Waals surface area contributed by atoms with Gasteiger partial charge in [0.15, 0.2) is 0 Å².